The molecule has 2 rings (SSSR count). The average Bonchev–Trinajstić information content (AvgIpc) is 2.59. The van der Waals surface area contributed by atoms with Gasteiger partial charge in [-0.1, -0.05) is 26.0 Å². The average molecular weight is 396 g/mol. The van der Waals surface area contributed by atoms with Crippen LogP contribution >= 0.6 is 0 Å². The van der Waals surface area contributed by atoms with E-state index in [2.05, 4.69) is 16.0 Å². The van der Waals surface area contributed by atoms with Gasteiger partial charge in [0.05, 0.1) is 0 Å². The highest BCUT2D eigenvalue weighted by Gasteiger charge is 2.48. The molecule has 0 radical (unpaired) electrons. The lowest BCUT2D eigenvalue weighted by molar-refractivity contribution is -0.124. The third-order valence-corrected chi connectivity index (χ3v) is 6.81. The van der Waals surface area contributed by atoms with E-state index in [1.807, 2.05) is 19.9 Å². The highest BCUT2D eigenvalue weighted by molar-refractivity contribution is 7.92. The van der Waals surface area contributed by atoms with Gasteiger partial charge in [0.1, 0.15) is 0 Å². The second-order valence-electron chi connectivity index (χ2n) is 7.55. The third kappa shape index (κ3) is 5.52. The van der Waals surface area contributed by atoms with Gasteiger partial charge < -0.3 is 16.0 Å². The summed E-state index contributed by atoms with van der Waals surface area (Å²) < 4.78 is 23.2. The van der Waals surface area contributed by atoms with Gasteiger partial charge in [0, 0.05) is 24.9 Å². The van der Waals surface area contributed by atoms with Crippen LogP contribution in [0.15, 0.2) is 24.3 Å². The second kappa shape index (κ2) is 8.84. The number of benzene rings is 1. The van der Waals surface area contributed by atoms with Gasteiger partial charge in [-0.15, -0.1) is 0 Å². The number of carbonyl (C=O) groups is 2. The zero-order valence-corrected chi connectivity index (χ0v) is 17.0. The van der Waals surface area contributed by atoms with Gasteiger partial charge in [0.25, 0.3) is 0 Å². The zero-order valence-electron chi connectivity index (χ0n) is 16.2. The van der Waals surface area contributed by atoms with Crippen LogP contribution in [0, 0.1) is 5.92 Å². The molecule has 1 aliphatic rings. The molecule has 0 saturated carbocycles. The van der Waals surface area contributed by atoms with E-state index in [1.165, 1.54) is 0 Å². The molecule has 1 fully saturated rings. The predicted octanol–water partition coefficient (Wildman–Crippen LogP) is 1.45. The lowest BCUT2D eigenvalue weighted by atomic mass is 9.95. The number of anilines is 1. The number of amides is 2. The summed E-state index contributed by atoms with van der Waals surface area (Å²) in [6, 6.07) is 7.19. The molecule has 7 nitrogen and oxygen atoms in total. The second-order valence-corrected chi connectivity index (χ2v) is 9.87. The van der Waals surface area contributed by atoms with Gasteiger partial charge in [-0.3, -0.25) is 9.59 Å². The van der Waals surface area contributed by atoms with Gasteiger partial charge in [0.15, 0.2) is 14.6 Å². The van der Waals surface area contributed by atoms with Crippen LogP contribution in [-0.2, 0) is 26.0 Å². The van der Waals surface area contributed by atoms with Crippen LogP contribution in [-0.4, -0.2) is 44.3 Å². The Labute approximate surface area is 161 Å². The molecule has 1 saturated heterocycles. The number of hydrogen-bond donors (Lipinski definition) is 3. The van der Waals surface area contributed by atoms with Crippen molar-refractivity contribution in [3.05, 3.63) is 29.8 Å². The third-order valence-electron chi connectivity index (χ3n) is 4.79. The predicted molar refractivity (Wildman–Crippen MR) is 106 cm³/mol. The standard InChI is InChI=1S/C19H29N3O4S/c1-14(2)11-17(23)22-16-6-4-5-15(12-16)13-21-18(24)19(27(3,25)26)7-9-20-10-8-19/h4-6,12,14,20H,7-11,13H2,1-3H3,(H,21,24)(H,22,23). The van der Waals surface area contributed by atoms with Crippen molar-refractivity contribution in [2.75, 3.05) is 24.7 Å². The molecule has 1 aliphatic heterocycles. The highest BCUT2D eigenvalue weighted by atomic mass is 32.2. The molecule has 1 aromatic rings. The summed E-state index contributed by atoms with van der Waals surface area (Å²) in [7, 11) is -3.54. The van der Waals surface area contributed by atoms with Crippen LogP contribution in [0.5, 0.6) is 0 Å². The molecular weight excluding hydrogens is 366 g/mol. The van der Waals surface area contributed by atoms with Gasteiger partial charge in [-0.25, -0.2) is 8.42 Å². The molecule has 150 valence electrons. The molecule has 3 N–H and O–H groups in total. The lowest BCUT2D eigenvalue weighted by Gasteiger charge is -2.34. The number of carbonyl (C=O) groups excluding carboxylic acids is 2. The van der Waals surface area contributed by atoms with Crippen molar-refractivity contribution in [2.45, 2.75) is 44.4 Å². The van der Waals surface area contributed by atoms with Crippen LogP contribution in [0.25, 0.3) is 0 Å². The molecule has 1 aromatic carbocycles. The molecule has 0 spiro atoms. The molecule has 1 heterocycles. The van der Waals surface area contributed by atoms with Gasteiger partial charge in [0.2, 0.25) is 11.8 Å². The summed E-state index contributed by atoms with van der Waals surface area (Å²) >= 11 is 0. The van der Waals surface area contributed by atoms with E-state index in [0.29, 0.717) is 25.2 Å². The monoisotopic (exact) mass is 395 g/mol. The summed E-state index contributed by atoms with van der Waals surface area (Å²) in [4.78, 5) is 24.6. The Morgan fingerprint density at radius 1 is 1.22 bits per heavy atom. The summed E-state index contributed by atoms with van der Waals surface area (Å²) in [5, 5.41) is 8.71. The van der Waals surface area contributed by atoms with Gasteiger partial charge >= 0.3 is 0 Å². The Bertz CT molecular complexity index is 784. The Morgan fingerprint density at radius 2 is 1.89 bits per heavy atom. The topological polar surface area (TPSA) is 104 Å². The molecule has 8 heteroatoms. The first-order chi connectivity index (χ1) is 12.6. The largest absolute Gasteiger partial charge is 0.351 e. The maximum absolute atomic E-state index is 12.7. The van der Waals surface area contributed by atoms with Crippen LogP contribution in [0.1, 0.15) is 38.7 Å². The molecule has 0 aromatic heterocycles. The Morgan fingerprint density at radius 3 is 2.48 bits per heavy atom. The van der Waals surface area contributed by atoms with E-state index < -0.39 is 20.5 Å². The van der Waals surface area contributed by atoms with Crippen LogP contribution in [0.2, 0.25) is 0 Å². The van der Waals surface area contributed by atoms with E-state index in [0.717, 1.165) is 11.8 Å². The Balaban J connectivity index is 2.04. The van der Waals surface area contributed by atoms with Crippen LogP contribution < -0.4 is 16.0 Å². The lowest BCUT2D eigenvalue weighted by Crippen LogP contribution is -2.57. The van der Waals surface area contributed by atoms with Crippen molar-refractivity contribution in [3.8, 4) is 0 Å². The van der Waals surface area contributed by atoms with E-state index >= 15 is 0 Å². The van der Waals surface area contributed by atoms with Crippen molar-refractivity contribution < 1.29 is 18.0 Å². The van der Waals surface area contributed by atoms with Crippen molar-refractivity contribution >= 4 is 27.3 Å². The van der Waals surface area contributed by atoms with E-state index in [1.54, 1.807) is 18.2 Å². The maximum atomic E-state index is 12.7. The van der Waals surface area contributed by atoms with Crippen molar-refractivity contribution in [3.63, 3.8) is 0 Å². The summed E-state index contributed by atoms with van der Waals surface area (Å²) in [6.45, 7) is 5.15. The SMILES string of the molecule is CC(C)CC(=O)Nc1cccc(CNC(=O)C2(S(C)(=O)=O)CCNCC2)c1. The zero-order chi connectivity index (χ0) is 20.1. The first-order valence-electron chi connectivity index (χ1n) is 9.21. The van der Waals surface area contributed by atoms with Crippen LogP contribution in [0.3, 0.4) is 0 Å². The van der Waals surface area contributed by atoms with Crippen molar-refractivity contribution in [1.29, 1.82) is 0 Å². The maximum Gasteiger partial charge on any atom is 0.241 e. The minimum atomic E-state index is -3.54. The first-order valence-corrected chi connectivity index (χ1v) is 11.1. The number of nitrogens with one attached hydrogen (secondary N) is 3. The number of hydrogen-bond acceptors (Lipinski definition) is 5. The summed E-state index contributed by atoms with van der Waals surface area (Å²) in [6.07, 6.45) is 2.10. The fraction of sp³-hybridized carbons (Fsp3) is 0.579. The Kier molecular flexibility index (Phi) is 7.00. The van der Waals surface area contributed by atoms with Crippen molar-refractivity contribution in [1.82, 2.24) is 10.6 Å². The minimum Gasteiger partial charge on any atom is -0.351 e. The normalized spacial score (nSPS) is 16.7. The van der Waals surface area contributed by atoms with E-state index in [4.69, 9.17) is 0 Å². The van der Waals surface area contributed by atoms with E-state index in [-0.39, 0.29) is 31.2 Å². The smallest absolute Gasteiger partial charge is 0.241 e. The number of piperidine rings is 1. The fourth-order valence-corrected chi connectivity index (χ4v) is 4.64. The summed E-state index contributed by atoms with van der Waals surface area (Å²) in [5.41, 5.74) is 1.45. The fourth-order valence-electron chi connectivity index (χ4n) is 3.28. The molecule has 0 unspecified atom stereocenters. The first kappa shape index (κ1) is 21.4. The van der Waals surface area contributed by atoms with Gasteiger partial charge in [-0.2, -0.15) is 0 Å². The van der Waals surface area contributed by atoms with Crippen LogP contribution in [0.4, 0.5) is 5.69 Å². The molecule has 2 amide bonds. The van der Waals surface area contributed by atoms with Crippen molar-refractivity contribution in [2.24, 2.45) is 5.92 Å². The quantitative estimate of drug-likeness (QED) is 0.648. The van der Waals surface area contributed by atoms with Gasteiger partial charge in [-0.05, 0) is 49.5 Å². The molecular formula is C19H29N3O4S. The highest BCUT2D eigenvalue weighted by Crippen LogP contribution is 2.28. The number of sulfone groups is 1. The number of rotatable bonds is 7. The molecule has 0 aliphatic carbocycles. The Hall–Kier alpha value is -1.93. The van der Waals surface area contributed by atoms with E-state index in [9.17, 15) is 18.0 Å². The summed E-state index contributed by atoms with van der Waals surface area (Å²) in [5.74, 6) is -0.248. The minimum absolute atomic E-state index is 0.0584. The molecule has 0 bridgehead atoms. The molecule has 27 heavy (non-hydrogen) atoms. The molecule has 0 atom stereocenters.